The summed E-state index contributed by atoms with van der Waals surface area (Å²) < 4.78 is 16.9. The summed E-state index contributed by atoms with van der Waals surface area (Å²) in [6.45, 7) is 6.56. The first-order valence-electron chi connectivity index (χ1n) is 34.4. The highest BCUT2D eigenvalue weighted by atomic mass is 16.6. The molecule has 0 aromatic rings. The fourth-order valence-electron chi connectivity index (χ4n) is 10.1. The zero-order valence-electron chi connectivity index (χ0n) is 52.6. The van der Waals surface area contributed by atoms with E-state index in [4.69, 9.17) is 14.2 Å². The Bertz CT molecular complexity index is 1450. The molecule has 0 bridgehead atoms. The van der Waals surface area contributed by atoms with Crippen molar-refractivity contribution in [1.82, 2.24) is 0 Å². The number of ether oxygens (including phenoxy) is 3. The van der Waals surface area contributed by atoms with Gasteiger partial charge in [0.15, 0.2) is 6.10 Å². The minimum Gasteiger partial charge on any atom is -0.462 e. The van der Waals surface area contributed by atoms with Crippen LogP contribution in [0.5, 0.6) is 0 Å². The van der Waals surface area contributed by atoms with Gasteiger partial charge in [0.05, 0.1) is 0 Å². The van der Waals surface area contributed by atoms with Crippen LogP contribution in [0, 0.1) is 0 Å². The molecule has 0 aliphatic rings. The van der Waals surface area contributed by atoms with Gasteiger partial charge in [-0.1, -0.05) is 338 Å². The van der Waals surface area contributed by atoms with Gasteiger partial charge in [-0.25, -0.2) is 0 Å². The summed E-state index contributed by atoms with van der Waals surface area (Å²) in [6.07, 6.45) is 87.9. The fraction of sp³-hybridized carbons (Fsp3) is 0.795. The average Bonchev–Trinajstić information content (AvgIpc) is 3.45. The monoisotopic (exact) mass is 1100 g/mol. The SMILES string of the molecule is CC/C=C\C/C=C\C/C=C\C/C=C\C/C=C\C/C=C\CCCCCCCCCCC(=O)OCC(COC(=O)CCCCCCCCCCCC)OC(=O)CCCCCCCCCCCCCCCCCCCCCCCCCC. The highest BCUT2D eigenvalue weighted by molar-refractivity contribution is 5.71. The van der Waals surface area contributed by atoms with Gasteiger partial charge in [0.1, 0.15) is 13.2 Å². The van der Waals surface area contributed by atoms with Crippen LogP contribution in [0.3, 0.4) is 0 Å². The molecule has 0 N–H and O–H groups in total. The smallest absolute Gasteiger partial charge is 0.306 e. The second kappa shape index (κ2) is 67.4. The number of carbonyl (C=O) groups is 3. The Hall–Kier alpha value is -3.15. The summed E-state index contributed by atoms with van der Waals surface area (Å²) in [7, 11) is 0. The normalized spacial score (nSPS) is 12.5. The number of hydrogen-bond acceptors (Lipinski definition) is 6. The van der Waals surface area contributed by atoms with Crippen LogP contribution in [-0.2, 0) is 28.6 Å². The van der Waals surface area contributed by atoms with E-state index in [1.54, 1.807) is 0 Å². The highest BCUT2D eigenvalue weighted by Crippen LogP contribution is 2.18. The molecule has 0 rings (SSSR count). The van der Waals surface area contributed by atoms with E-state index in [-0.39, 0.29) is 31.1 Å². The van der Waals surface area contributed by atoms with Crippen LogP contribution < -0.4 is 0 Å². The van der Waals surface area contributed by atoms with E-state index in [1.807, 2.05) is 0 Å². The third-order valence-electron chi connectivity index (χ3n) is 15.2. The number of esters is 3. The lowest BCUT2D eigenvalue weighted by atomic mass is 10.0. The Morgan fingerprint density at radius 3 is 0.772 bits per heavy atom. The zero-order chi connectivity index (χ0) is 57.1. The van der Waals surface area contributed by atoms with E-state index in [1.165, 1.54) is 212 Å². The summed E-state index contributed by atoms with van der Waals surface area (Å²) >= 11 is 0. The Balaban J connectivity index is 4.21. The quantitative estimate of drug-likeness (QED) is 0.0261. The summed E-state index contributed by atoms with van der Waals surface area (Å²) in [6, 6.07) is 0. The zero-order valence-corrected chi connectivity index (χ0v) is 52.6. The van der Waals surface area contributed by atoms with Crippen molar-refractivity contribution in [2.45, 2.75) is 361 Å². The minimum atomic E-state index is -0.776. The first-order chi connectivity index (χ1) is 39.0. The molecule has 6 heteroatoms. The molecule has 0 aromatic carbocycles. The summed E-state index contributed by atoms with van der Waals surface area (Å²) in [4.78, 5) is 38.3. The fourth-order valence-corrected chi connectivity index (χ4v) is 10.1. The van der Waals surface area contributed by atoms with Crippen molar-refractivity contribution >= 4 is 17.9 Å². The molecule has 79 heavy (non-hydrogen) atoms. The third-order valence-corrected chi connectivity index (χ3v) is 15.2. The maximum absolute atomic E-state index is 12.9. The molecular weight excluding hydrogens is 973 g/mol. The molecule has 0 saturated heterocycles. The lowest BCUT2D eigenvalue weighted by Crippen LogP contribution is -2.30. The van der Waals surface area contributed by atoms with Crippen molar-refractivity contribution in [3.8, 4) is 0 Å². The predicted molar refractivity (Wildman–Crippen MR) is 344 cm³/mol. The van der Waals surface area contributed by atoms with Crippen LogP contribution in [0.15, 0.2) is 72.9 Å². The van der Waals surface area contributed by atoms with E-state index in [0.29, 0.717) is 19.3 Å². The first-order valence-corrected chi connectivity index (χ1v) is 34.4. The molecule has 0 aliphatic heterocycles. The molecule has 0 fully saturated rings. The number of allylic oxidation sites excluding steroid dienone is 12. The molecule has 0 aromatic heterocycles. The lowest BCUT2D eigenvalue weighted by molar-refractivity contribution is -0.167. The average molecular weight is 1100 g/mol. The number of carbonyl (C=O) groups excluding carboxylic acids is 3. The van der Waals surface area contributed by atoms with Gasteiger partial charge in [0, 0.05) is 19.3 Å². The van der Waals surface area contributed by atoms with Crippen LogP contribution in [0.1, 0.15) is 355 Å². The predicted octanol–water partition coefficient (Wildman–Crippen LogP) is 23.7. The van der Waals surface area contributed by atoms with Gasteiger partial charge in [-0.2, -0.15) is 0 Å². The molecule has 0 radical (unpaired) electrons. The van der Waals surface area contributed by atoms with Gasteiger partial charge >= 0.3 is 17.9 Å². The summed E-state index contributed by atoms with van der Waals surface area (Å²) in [5.74, 6) is -0.863. The van der Waals surface area contributed by atoms with Gasteiger partial charge in [0.2, 0.25) is 0 Å². The van der Waals surface area contributed by atoms with Crippen molar-refractivity contribution in [3.63, 3.8) is 0 Å². The standard InChI is InChI=1S/C73H130O6/c1-4-7-10-13-16-19-22-24-26-28-30-32-34-36-37-38-40-41-43-45-47-49-51-54-57-60-63-66-72(75)78-69-70(68-77-71(74)65-62-59-56-53-21-18-15-12-9-6-3)79-73(76)67-64-61-58-55-52-50-48-46-44-42-39-35-33-31-29-27-25-23-20-17-14-11-8-5-2/h7,10,16,19,24,26,30,32,36-37,40-41,70H,4-6,8-9,11-15,17-18,20-23,25,27-29,31,33-35,38-39,42-69H2,1-3H3/b10-7-,19-16-,26-24-,32-30-,37-36-,41-40-. The van der Waals surface area contributed by atoms with Crippen molar-refractivity contribution in [2.75, 3.05) is 13.2 Å². The van der Waals surface area contributed by atoms with Crippen LogP contribution in [0.4, 0.5) is 0 Å². The lowest BCUT2D eigenvalue weighted by Gasteiger charge is -2.18. The largest absolute Gasteiger partial charge is 0.462 e. The molecule has 1 atom stereocenters. The second-order valence-electron chi connectivity index (χ2n) is 23.1. The van der Waals surface area contributed by atoms with Gasteiger partial charge in [-0.15, -0.1) is 0 Å². The number of hydrogen-bond donors (Lipinski definition) is 0. The Morgan fingerprint density at radius 2 is 0.494 bits per heavy atom. The molecular formula is C73H130O6. The Labute approximate surface area is 491 Å². The van der Waals surface area contributed by atoms with Crippen molar-refractivity contribution in [1.29, 1.82) is 0 Å². The van der Waals surface area contributed by atoms with Crippen molar-refractivity contribution in [3.05, 3.63) is 72.9 Å². The van der Waals surface area contributed by atoms with Gasteiger partial charge < -0.3 is 14.2 Å². The van der Waals surface area contributed by atoms with E-state index in [0.717, 1.165) is 103 Å². The van der Waals surface area contributed by atoms with Crippen molar-refractivity contribution < 1.29 is 28.6 Å². The van der Waals surface area contributed by atoms with E-state index >= 15 is 0 Å². The number of rotatable bonds is 63. The number of unbranched alkanes of at least 4 members (excludes halogenated alkanes) is 40. The highest BCUT2D eigenvalue weighted by Gasteiger charge is 2.19. The van der Waals surface area contributed by atoms with Crippen LogP contribution in [-0.4, -0.2) is 37.2 Å². The van der Waals surface area contributed by atoms with Crippen LogP contribution in [0.25, 0.3) is 0 Å². The Morgan fingerprint density at radius 1 is 0.266 bits per heavy atom. The van der Waals surface area contributed by atoms with E-state index < -0.39 is 6.10 Å². The molecule has 0 aliphatic carbocycles. The molecule has 0 saturated carbocycles. The van der Waals surface area contributed by atoms with Gasteiger partial charge in [-0.05, 0) is 70.6 Å². The second-order valence-corrected chi connectivity index (χ2v) is 23.1. The molecule has 0 spiro atoms. The van der Waals surface area contributed by atoms with Crippen LogP contribution in [0.2, 0.25) is 0 Å². The minimum absolute atomic E-state index is 0.0730. The topological polar surface area (TPSA) is 78.9 Å². The summed E-state index contributed by atoms with van der Waals surface area (Å²) in [5, 5.41) is 0. The molecule has 1 unspecified atom stereocenters. The molecule has 6 nitrogen and oxygen atoms in total. The summed E-state index contributed by atoms with van der Waals surface area (Å²) in [5.41, 5.74) is 0. The maximum Gasteiger partial charge on any atom is 0.306 e. The first kappa shape index (κ1) is 75.8. The van der Waals surface area contributed by atoms with E-state index in [2.05, 4.69) is 93.7 Å². The molecule has 0 heterocycles. The maximum atomic E-state index is 12.9. The van der Waals surface area contributed by atoms with E-state index in [9.17, 15) is 14.4 Å². The molecule has 458 valence electrons. The van der Waals surface area contributed by atoms with Gasteiger partial charge in [0.25, 0.3) is 0 Å². The Kier molecular flexibility index (Phi) is 64.7. The third kappa shape index (κ3) is 65.5. The van der Waals surface area contributed by atoms with Gasteiger partial charge in [-0.3, -0.25) is 14.4 Å². The van der Waals surface area contributed by atoms with Crippen molar-refractivity contribution in [2.24, 2.45) is 0 Å². The van der Waals surface area contributed by atoms with Crippen LogP contribution >= 0.6 is 0 Å². The molecule has 0 amide bonds.